The van der Waals surface area contributed by atoms with Crippen LogP contribution in [0, 0.1) is 5.92 Å². The molecule has 0 amide bonds. The van der Waals surface area contributed by atoms with Crippen molar-refractivity contribution in [3.63, 3.8) is 0 Å². The van der Waals surface area contributed by atoms with E-state index < -0.39 is 0 Å². The fourth-order valence-electron chi connectivity index (χ4n) is 3.87. The van der Waals surface area contributed by atoms with Gasteiger partial charge in [0.15, 0.2) is 0 Å². The zero-order valence-electron chi connectivity index (χ0n) is 11.9. The molecule has 1 N–H and O–H groups in total. The van der Waals surface area contributed by atoms with Crippen LogP contribution in [-0.2, 0) is 6.42 Å². The normalized spacial score (nSPS) is 28.1. The minimum Gasteiger partial charge on any atom is -0.508 e. The molecule has 2 aliphatic rings. The summed E-state index contributed by atoms with van der Waals surface area (Å²) in [7, 11) is 0. The van der Waals surface area contributed by atoms with Crippen LogP contribution in [0.15, 0.2) is 18.2 Å². The Morgan fingerprint density at radius 2 is 2.16 bits per heavy atom. The van der Waals surface area contributed by atoms with E-state index in [9.17, 15) is 5.11 Å². The quantitative estimate of drug-likeness (QED) is 0.871. The van der Waals surface area contributed by atoms with E-state index in [0.29, 0.717) is 11.8 Å². The lowest BCUT2D eigenvalue weighted by molar-refractivity contribution is 0.110. The molecular weight excluding hydrogens is 234 g/mol. The zero-order valence-corrected chi connectivity index (χ0v) is 11.9. The minimum atomic E-state index is 0.421. The number of phenols is 1. The number of piperidine rings is 1. The molecule has 1 aromatic carbocycles. The molecule has 104 valence electrons. The first-order valence-electron chi connectivity index (χ1n) is 7.83. The van der Waals surface area contributed by atoms with Gasteiger partial charge in [0, 0.05) is 12.6 Å². The van der Waals surface area contributed by atoms with E-state index in [0.717, 1.165) is 12.3 Å². The summed E-state index contributed by atoms with van der Waals surface area (Å²) in [6.07, 6.45) is 7.74. The summed E-state index contributed by atoms with van der Waals surface area (Å²) in [6.45, 7) is 4.84. The second kappa shape index (κ2) is 5.54. The van der Waals surface area contributed by atoms with E-state index in [1.54, 1.807) is 0 Å². The highest BCUT2D eigenvalue weighted by molar-refractivity contribution is 5.38. The second-order valence-corrected chi connectivity index (χ2v) is 6.20. The second-order valence-electron chi connectivity index (χ2n) is 6.20. The topological polar surface area (TPSA) is 23.5 Å². The fraction of sp³-hybridized carbons (Fsp3) is 0.647. The lowest BCUT2D eigenvalue weighted by Gasteiger charge is -2.40. The molecule has 1 saturated heterocycles. The van der Waals surface area contributed by atoms with Crippen molar-refractivity contribution >= 4 is 0 Å². The number of benzene rings is 1. The standard InChI is InChI=1S/C17H25NO/c1-2-13-5-4-10-18(12-13)17-7-3-6-14-11-15(19)8-9-16(14)17/h8-9,11,13,17,19H,2-7,10,12H2,1H3. The maximum absolute atomic E-state index is 9.65. The predicted molar refractivity (Wildman–Crippen MR) is 78.4 cm³/mol. The Kier molecular flexibility index (Phi) is 3.79. The largest absolute Gasteiger partial charge is 0.508 e. The van der Waals surface area contributed by atoms with Gasteiger partial charge in [0.05, 0.1) is 0 Å². The number of fused-ring (bicyclic) bond motifs is 1. The van der Waals surface area contributed by atoms with Crippen molar-refractivity contribution in [2.75, 3.05) is 13.1 Å². The Morgan fingerprint density at radius 3 is 3.00 bits per heavy atom. The van der Waals surface area contributed by atoms with E-state index in [-0.39, 0.29) is 0 Å². The summed E-state index contributed by atoms with van der Waals surface area (Å²) < 4.78 is 0. The molecule has 19 heavy (non-hydrogen) atoms. The molecule has 0 radical (unpaired) electrons. The Balaban J connectivity index is 1.83. The molecule has 0 spiro atoms. The number of nitrogens with zero attached hydrogens (tertiary/aromatic N) is 1. The molecule has 2 atom stereocenters. The zero-order chi connectivity index (χ0) is 13.2. The first-order chi connectivity index (χ1) is 9.28. The summed E-state index contributed by atoms with van der Waals surface area (Å²) in [6, 6.07) is 6.59. The number of aromatic hydroxyl groups is 1. The van der Waals surface area contributed by atoms with Crippen molar-refractivity contribution in [1.29, 1.82) is 0 Å². The van der Waals surface area contributed by atoms with E-state index in [4.69, 9.17) is 0 Å². The number of aryl methyl sites for hydroxylation is 1. The molecule has 1 fully saturated rings. The van der Waals surface area contributed by atoms with Gasteiger partial charge in [-0.1, -0.05) is 19.4 Å². The van der Waals surface area contributed by atoms with Crippen LogP contribution in [0.1, 0.15) is 56.2 Å². The number of hydrogen-bond acceptors (Lipinski definition) is 2. The molecular formula is C17H25NO. The van der Waals surface area contributed by atoms with Crippen LogP contribution < -0.4 is 0 Å². The van der Waals surface area contributed by atoms with Crippen LogP contribution in [0.4, 0.5) is 0 Å². The Morgan fingerprint density at radius 1 is 1.26 bits per heavy atom. The van der Waals surface area contributed by atoms with E-state index in [1.165, 1.54) is 56.3 Å². The molecule has 2 heteroatoms. The molecule has 1 aromatic rings. The highest BCUT2D eigenvalue weighted by Crippen LogP contribution is 2.38. The third-order valence-electron chi connectivity index (χ3n) is 4.98. The average Bonchev–Trinajstić information content (AvgIpc) is 2.46. The van der Waals surface area contributed by atoms with Crippen molar-refractivity contribution in [2.45, 2.75) is 51.5 Å². The highest BCUT2D eigenvalue weighted by Gasteiger charge is 2.29. The molecule has 3 rings (SSSR count). The van der Waals surface area contributed by atoms with Crippen molar-refractivity contribution in [2.24, 2.45) is 5.92 Å². The summed E-state index contributed by atoms with van der Waals surface area (Å²) in [4.78, 5) is 2.70. The third kappa shape index (κ3) is 2.64. The first kappa shape index (κ1) is 13.0. The van der Waals surface area contributed by atoms with Gasteiger partial charge in [-0.05, 0) is 67.8 Å². The van der Waals surface area contributed by atoms with Crippen LogP contribution in [0.2, 0.25) is 0 Å². The van der Waals surface area contributed by atoms with Gasteiger partial charge in [0.25, 0.3) is 0 Å². The van der Waals surface area contributed by atoms with Crippen LogP contribution in [0.25, 0.3) is 0 Å². The van der Waals surface area contributed by atoms with Gasteiger partial charge in [-0.25, -0.2) is 0 Å². The van der Waals surface area contributed by atoms with Gasteiger partial charge in [-0.3, -0.25) is 4.90 Å². The molecule has 0 saturated carbocycles. The Labute approximate surface area is 116 Å². The van der Waals surface area contributed by atoms with Gasteiger partial charge in [-0.2, -0.15) is 0 Å². The van der Waals surface area contributed by atoms with Crippen molar-refractivity contribution < 1.29 is 5.11 Å². The molecule has 2 nitrogen and oxygen atoms in total. The van der Waals surface area contributed by atoms with Crippen LogP contribution >= 0.6 is 0 Å². The van der Waals surface area contributed by atoms with Gasteiger partial charge < -0.3 is 5.11 Å². The van der Waals surface area contributed by atoms with Gasteiger partial charge in [0.1, 0.15) is 5.75 Å². The monoisotopic (exact) mass is 259 g/mol. The lowest BCUT2D eigenvalue weighted by atomic mass is 9.84. The molecule has 0 aromatic heterocycles. The minimum absolute atomic E-state index is 0.421. The van der Waals surface area contributed by atoms with Crippen LogP contribution in [0.5, 0.6) is 5.75 Å². The van der Waals surface area contributed by atoms with Crippen molar-refractivity contribution in [3.8, 4) is 5.75 Å². The predicted octanol–water partition coefficient (Wildman–Crippen LogP) is 3.89. The number of hydrogen-bond donors (Lipinski definition) is 1. The summed E-state index contributed by atoms with van der Waals surface area (Å²) in [5, 5.41) is 9.65. The van der Waals surface area contributed by atoms with Gasteiger partial charge in [0.2, 0.25) is 0 Å². The maximum atomic E-state index is 9.65. The number of rotatable bonds is 2. The van der Waals surface area contributed by atoms with Crippen molar-refractivity contribution in [1.82, 2.24) is 4.90 Å². The fourth-order valence-corrected chi connectivity index (χ4v) is 3.87. The SMILES string of the molecule is CCC1CCCN(C2CCCc3cc(O)ccc32)C1. The van der Waals surface area contributed by atoms with E-state index >= 15 is 0 Å². The lowest BCUT2D eigenvalue weighted by Crippen LogP contribution is -2.39. The number of likely N-dealkylation sites (tertiary alicyclic amines) is 1. The van der Waals surface area contributed by atoms with E-state index in [1.807, 2.05) is 12.1 Å². The van der Waals surface area contributed by atoms with E-state index in [2.05, 4.69) is 17.9 Å². The van der Waals surface area contributed by atoms with Crippen LogP contribution in [0.3, 0.4) is 0 Å². The molecule has 0 bridgehead atoms. The number of phenolic OH excluding ortho intramolecular Hbond substituents is 1. The smallest absolute Gasteiger partial charge is 0.115 e. The summed E-state index contributed by atoms with van der Waals surface area (Å²) >= 11 is 0. The molecule has 1 heterocycles. The van der Waals surface area contributed by atoms with Gasteiger partial charge in [-0.15, -0.1) is 0 Å². The Bertz CT molecular complexity index is 443. The third-order valence-corrected chi connectivity index (χ3v) is 4.98. The average molecular weight is 259 g/mol. The highest BCUT2D eigenvalue weighted by atomic mass is 16.3. The maximum Gasteiger partial charge on any atom is 0.115 e. The van der Waals surface area contributed by atoms with Gasteiger partial charge >= 0.3 is 0 Å². The van der Waals surface area contributed by atoms with Crippen molar-refractivity contribution in [3.05, 3.63) is 29.3 Å². The summed E-state index contributed by atoms with van der Waals surface area (Å²) in [5.74, 6) is 1.31. The van der Waals surface area contributed by atoms with Crippen LogP contribution in [-0.4, -0.2) is 23.1 Å². The Hall–Kier alpha value is -1.02. The first-order valence-corrected chi connectivity index (χ1v) is 7.83. The molecule has 2 unspecified atom stereocenters. The molecule has 1 aliphatic heterocycles. The summed E-state index contributed by atoms with van der Waals surface area (Å²) in [5.41, 5.74) is 2.84. The molecule has 1 aliphatic carbocycles.